The van der Waals surface area contributed by atoms with Crippen molar-refractivity contribution in [2.45, 2.75) is 11.7 Å². The molecule has 0 radical (unpaired) electrons. The van der Waals surface area contributed by atoms with Crippen LogP contribution in [0.2, 0.25) is 0 Å². The molecule has 0 N–H and O–H groups in total. The summed E-state index contributed by atoms with van der Waals surface area (Å²) in [6.45, 7) is 2.13. The molecule has 13 heavy (non-hydrogen) atoms. The molecule has 0 amide bonds. The molecule has 0 aliphatic heterocycles. The maximum absolute atomic E-state index is 10.9. The molecule has 1 rings (SSSR count). The second-order valence-corrected chi connectivity index (χ2v) is 5.20. The van der Waals surface area contributed by atoms with Crippen LogP contribution in [-0.4, -0.2) is 23.5 Å². The van der Waals surface area contributed by atoms with Crippen molar-refractivity contribution in [2.75, 3.05) is 12.5 Å². The van der Waals surface area contributed by atoms with Crippen LogP contribution < -0.4 is 0 Å². The predicted molar refractivity (Wildman–Crippen MR) is 62.2 cm³/mol. The van der Waals surface area contributed by atoms with E-state index < -0.39 is 0 Å². The summed E-state index contributed by atoms with van der Waals surface area (Å²) < 4.78 is -0.0596. The average molecular weight is 214 g/mol. The monoisotopic (exact) mass is 214 g/mol. The zero-order valence-electron chi connectivity index (χ0n) is 8.11. The van der Waals surface area contributed by atoms with Crippen LogP contribution in [0.15, 0.2) is 23.1 Å². The van der Waals surface area contributed by atoms with E-state index in [1.165, 1.54) is 4.91 Å². The molecule has 2 atom stereocenters. The quantitative estimate of drug-likeness (QED) is 0.672. The number of rotatable bonds is 3. The summed E-state index contributed by atoms with van der Waals surface area (Å²) in [7, 11) is 0. The number of hydrogen-bond donors (Lipinski definition) is 0. The first-order valence-electron chi connectivity index (χ1n) is 4.12. The van der Waals surface area contributed by atoms with Gasteiger partial charge in [-0.15, -0.1) is 11.8 Å². The van der Waals surface area contributed by atoms with Crippen molar-refractivity contribution in [1.82, 2.24) is 0 Å². The molecule has 0 aromatic carbocycles. The van der Waals surface area contributed by atoms with Crippen molar-refractivity contribution in [3.05, 3.63) is 23.1 Å². The van der Waals surface area contributed by atoms with E-state index in [-0.39, 0.29) is 10.7 Å². The molecule has 0 aromatic rings. The molecule has 1 aliphatic carbocycles. The van der Waals surface area contributed by atoms with E-state index in [4.69, 9.17) is 0 Å². The lowest BCUT2D eigenvalue weighted by Crippen LogP contribution is -2.33. The standard InChI is InChI=1S/C10H14OS2/c1-10(13-3)8(7-11)5-4-6-9(10)12-2/h4-8H,1-3H3. The smallest absolute Gasteiger partial charge is 0.128 e. The van der Waals surface area contributed by atoms with Crippen LogP contribution in [0.3, 0.4) is 0 Å². The number of carbonyl (C=O) groups excluding carboxylic acids is 1. The van der Waals surface area contributed by atoms with Gasteiger partial charge in [-0.3, -0.25) is 0 Å². The van der Waals surface area contributed by atoms with Crippen molar-refractivity contribution >= 4 is 29.8 Å². The number of thioether (sulfide) groups is 2. The highest BCUT2D eigenvalue weighted by atomic mass is 32.2. The first kappa shape index (κ1) is 10.9. The third-order valence-corrected chi connectivity index (χ3v) is 4.95. The molecule has 0 fully saturated rings. The van der Waals surface area contributed by atoms with Gasteiger partial charge in [-0.1, -0.05) is 18.2 Å². The summed E-state index contributed by atoms with van der Waals surface area (Å²) in [4.78, 5) is 12.2. The van der Waals surface area contributed by atoms with Crippen molar-refractivity contribution in [2.24, 2.45) is 5.92 Å². The number of carbonyl (C=O) groups is 1. The highest BCUT2D eigenvalue weighted by Crippen LogP contribution is 2.44. The zero-order valence-corrected chi connectivity index (χ0v) is 9.74. The zero-order chi connectivity index (χ0) is 9.90. The van der Waals surface area contributed by atoms with Crippen LogP contribution in [0.25, 0.3) is 0 Å². The van der Waals surface area contributed by atoms with Gasteiger partial charge in [0.15, 0.2) is 0 Å². The highest BCUT2D eigenvalue weighted by Gasteiger charge is 2.36. The molecular weight excluding hydrogens is 200 g/mol. The lowest BCUT2D eigenvalue weighted by Gasteiger charge is -2.35. The summed E-state index contributed by atoms with van der Waals surface area (Å²) in [5, 5.41) is 0. The predicted octanol–water partition coefficient (Wildman–Crippen LogP) is 2.74. The molecule has 0 saturated carbocycles. The minimum Gasteiger partial charge on any atom is -0.303 e. The Morgan fingerprint density at radius 2 is 2.23 bits per heavy atom. The topological polar surface area (TPSA) is 17.1 Å². The van der Waals surface area contributed by atoms with Crippen molar-refractivity contribution in [3.63, 3.8) is 0 Å². The third-order valence-electron chi connectivity index (χ3n) is 2.48. The largest absolute Gasteiger partial charge is 0.303 e. The maximum Gasteiger partial charge on any atom is 0.128 e. The molecule has 1 aliphatic rings. The van der Waals surface area contributed by atoms with Crippen LogP contribution in [0.4, 0.5) is 0 Å². The highest BCUT2D eigenvalue weighted by molar-refractivity contribution is 8.06. The molecule has 0 bridgehead atoms. The van der Waals surface area contributed by atoms with Crippen LogP contribution >= 0.6 is 23.5 Å². The Morgan fingerprint density at radius 3 is 2.69 bits per heavy atom. The minimum atomic E-state index is -0.0596. The summed E-state index contributed by atoms with van der Waals surface area (Å²) in [5.74, 6) is 0.00921. The summed E-state index contributed by atoms with van der Waals surface area (Å²) in [6.07, 6.45) is 11.2. The first-order valence-corrected chi connectivity index (χ1v) is 6.57. The minimum absolute atomic E-state index is 0.00921. The second kappa shape index (κ2) is 4.38. The van der Waals surface area contributed by atoms with Gasteiger partial charge in [0, 0.05) is 4.91 Å². The molecule has 0 spiro atoms. The Kier molecular flexibility index (Phi) is 3.68. The Hall–Kier alpha value is -0.150. The van der Waals surface area contributed by atoms with E-state index in [9.17, 15) is 4.79 Å². The van der Waals surface area contributed by atoms with Gasteiger partial charge < -0.3 is 4.79 Å². The van der Waals surface area contributed by atoms with Gasteiger partial charge in [0.1, 0.15) is 6.29 Å². The fourth-order valence-electron chi connectivity index (χ4n) is 1.46. The van der Waals surface area contributed by atoms with Gasteiger partial charge in [-0.2, -0.15) is 11.8 Å². The Balaban J connectivity index is 3.02. The van der Waals surface area contributed by atoms with Gasteiger partial charge in [0.25, 0.3) is 0 Å². The average Bonchev–Trinajstić information content (AvgIpc) is 2.18. The van der Waals surface area contributed by atoms with E-state index in [1.54, 1.807) is 23.5 Å². The Morgan fingerprint density at radius 1 is 1.54 bits per heavy atom. The van der Waals surface area contributed by atoms with Crippen molar-refractivity contribution < 1.29 is 4.79 Å². The maximum atomic E-state index is 10.9. The van der Waals surface area contributed by atoms with Gasteiger partial charge in [-0.25, -0.2) is 0 Å². The molecule has 1 nitrogen and oxygen atoms in total. The normalized spacial score (nSPS) is 32.8. The second-order valence-electron chi connectivity index (χ2n) is 3.09. The first-order chi connectivity index (χ1) is 6.19. The van der Waals surface area contributed by atoms with Gasteiger partial charge in [-0.05, 0) is 19.4 Å². The molecule has 0 heterocycles. The van der Waals surface area contributed by atoms with E-state index in [1.807, 2.05) is 12.2 Å². The van der Waals surface area contributed by atoms with Gasteiger partial charge in [0.2, 0.25) is 0 Å². The molecule has 72 valence electrons. The van der Waals surface area contributed by atoms with Gasteiger partial charge >= 0.3 is 0 Å². The van der Waals surface area contributed by atoms with E-state index in [0.717, 1.165) is 6.29 Å². The molecule has 0 aromatic heterocycles. The van der Waals surface area contributed by atoms with E-state index in [2.05, 4.69) is 25.5 Å². The summed E-state index contributed by atoms with van der Waals surface area (Å²) in [6, 6.07) is 0. The Bertz CT molecular complexity index is 258. The summed E-state index contributed by atoms with van der Waals surface area (Å²) in [5.41, 5.74) is 0. The van der Waals surface area contributed by atoms with E-state index in [0.29, 0.717) is 0 Å². The number of allylic oxidation sites excluding steroid dienone is 3. The van der Waals surface area contributed by atoms with Crippen LogP contribution in [0.1, 0.15) is 6.92 Å². The van der Waals surface area contributed by atoms with Crippen LogP contribution in [0, 0.1) is 5.92 Å². The SMILES string of the molecule is CSC1=CC=CC(C=O)C1(C)SC. The van der Waals surface area contributed by atoms with Crippen molar-refractivity contribution in [3.8, 4) is 0 Å². The number of aldehydes is 1. The van der Waals surface area contributed by atoms with Gasteiger partial charge in [0.05, 0.1) is 10.7 Å². The lowest BCUT2D eigenvalue weighted by molar-refractivity contribution is -0.110. The van der Waals surface area contributed by atoms with Crippen LogP contribution in [-0.2, 0) is 4.79 Å². The molecule has 0 saturated heterocycles. The Labute approximate surface area is 88.0 Å². The number of hydrogen-bond acceptors (Lipinski definition) is 3. The van der Waals surface area contributed by atoms with Crippen LogP contribution in [0.5, 0.6) is 0 Å². The fourth-order valence-corrected chi connectivity index (χ4v) is 3.39. The molecule has 3 heteroatoms. The van der Waals surface area contributed by atoms with Crippen molar-refractivity contribution in [1.29, 1.82) is 0 Å². The molecular formula is C10H14OS2. The molecule has 2 unspecified atom stereocenters. The third kappa shape index (κ3) is 1.86. The fraction of sp³-hybridized carbons (Fsp3) is 0.500. The van der Waals surface area contributed by atoms with E-state index >= 15 is 0 Å². The summed E-state index contributed by atoms with van der Waals surface area (Å²) >= 11 is 3.47. The lowest BCUT2D eigenvalue weighted by atomic mass is 9.90.